The summed E-state index contributed by atoms with van der Waals surface area (Å²) in [6.07, 6.45) is 2.07. The number of hydrogen-bond donors (Lipinski definition) is 3. The van der Waals surface area contributed by atoms with E-state index >= 15 is 0 Å². The molecule has 1 rings (SSSR count). The fourth-order valence-corrected chi connectivity index (χ4v) is 1.58. The van der Waals surface area contributed by atoms with Gasteiger partial charge in [-0.15, -0.1) is 0 Å². The molecule has 1 aliphatic carbocycles. The molecule has 0 radical (unpaired) electrons. The fraction of sp³-hybridized carbons (Fsp3) is 0.818. The minimum absolute atomic E-state index is 0.0259. The predicted molar refractivity (Wildman–Crippen MR) is 60.0 cm³/mol. The van der Waals surface area contributed by atoms with Crippen molar-refractivity contribution in [2.45, 2.75) is 45.2 Å². The van der Waals surface area contributed by atoms with Crippen molar-refractivity contribution in [1.82, 2.24) is 10.6 Å². The lowest BCUT2D eigenvalue weighted by Gasteiger charge is -2.17. The van der Waals surface area contributed by atoms with Crippen molar-refractivity contribution in [3.05, 3.63) is 0 Å². The zero-order chi connectivity index (χ0) is 12.1. The average molecular weight is 228 g/mol. The second-order valence-electron chi connectivity index (χ2n) is 4.64. The van der Waals surface area contributed by atoms with Crippen molar-refractivity contribution in [2.75, 3.05) is 6.54 Å². The lowest BCUT2D eigenvalue weighted by Crippen LogP contribution is -2.43. The Balaban J connectivity index is 2.30. The van der Waals surface area contributed by atoms with Gasteiger partial charge in [0.25, 0.3) is 0 Å². The third-order valence-corrected chi connectivity index (χ3v) is 2.60. The molecule has 0 aromatic rings. The van der Waals surface area contributed by atoms with Gasteiger partial charge in [0, 0.05) is 12.1 Å². The van der Waals surface area contributed by atoms with E-state index in [-0.39, 0.29) is 31.0 Å². The Morgan fingerprint density at radius 1 is 1.38 bits per heavy atom. The van der Waals surface area contributed by atoms with E-state index < -0.39 is 5.97 Å². The monoisotopic (exact) mass is 228 g/mol. The largest absolute Gasteiger partial charge is 0.481 e. The molecular weight excluding hydrogens is 208 g/mol. The van der Waals surface area contributed by atoms with E-state index in [0.717, 1.165) is 12.8 Å². The molecule has 0 aliphatic heterocycles. The van der Waals surface area contributed by atoms with Gasteiger partial charge in [0.15, 0.2) is 0 Å². The molecule has 1 unspecified atom stereocenters. The van der Waals surface area contributed by atoms with Crippen LogP contribution in [0.4, 0.5) is 0 Å². The van der Waals surface area contributed by atoms with Gasteiger partial charge in [0.05, 0.1) is 13.0 Å². The molecule has 1 aliphatic rings. The Labute approximate surface area is 95.6 Å². The summed E-state index contributed by atoms with van der Waals surface area (Å²) < 4.78 is 0. The highest BCUT2D eigenvalue weighted by Gasteiger charge is 2.33. The van der Waals surface area contributed by atoms with E-state index in [1.807, 2.05) is 13.8 Å². The molecule has 1 saturated carbocycles. The number of carboxylic acids is 1. The summed E-state index contributed by atoms with van der Waals surface area (Å²) in [5.74, 6) is -0.611. The number of aliphatic carboxylic acids is 1. The first-order chi connectivity index (χ1) is 7.49. The molecule has 3 N–H and O–H groups in total. The number of nitrogens with one attached hydrogen (secondary N) is 2. The van der Waals surface area contributed by atoms with E-state index in [0.29, 0.717) is 5.92 Å². The zero-order valence-electron chi connectivity index (χ0n) is 9.82. The normalized spacial score (nSPS) is 17.2. The Morgan fingerprint density at radius 3 is 2.44 bits per heavy atom. The molecule has 16 heavy (non-hydrogen) atoms. The van der Waals surface area contributed by atoms with Crippen LogP contribution in [0.5, 0.6) is 0 Å². The van der Waals surface area contributed by atoms with Crippen LogP contribution in [-0.4, -0.2) is 35.6 Å². The van der Waals surface area contributed by atoms with Gasteiger partial charge < -0.3 is 15.7 Å². The highest BCUT2D eigenvalue weighted by Crippen LogP contribution is 2.33. The summed E-state index contributed by atoms with van der Waals surface area (Å²) in [6, 6.07) is 0.0589. The second-order valence-corrected chi connectivity index (χ2v) is 4.64. The maximum atomic E-state index is 11.5. The third kappa shape index (κ3) is 5.11. The molecule has 0 bridgehead atoms. The quantitative estimate of drug-likeness (QED) is 0.587. The Kier molecular flexibility index (Phi) is 4.73. The molecule has 0 heterocycles. The van der Waals surface area contributed by atoms with Crippen LogP contribution in [0.25, 0.3) is 0 Å². The standard InChI is InChI=1S/C11H20N2O3/c1-7(2)12-6-10(14)13-9(5-11(15)16)8-3-4-8/h7-9,12H,3-6H2,1-2H3,(H,13,14)(H,15,16). The Bertz CT molecular complexity index is 262. The Hall–Kier alpha value is -1.10. The number of carboxylic acid groups (broad SMARTS) is 1. The highest BCUT2D eigenvalue weighted by molar-refractivity contribution is 5.79. The summed E-state index contributed by atoms with van der Waals surface area (Å²) in [7, 11) is 0. The number of rotatable bonds is 7. The van der Waals surface area contributed by atoms with Crippen molar-refractivity contribution in [2.24, 2.45) is 5.92 Å². The topological polar surface area (TPSA) is 78.4 Å². The van der Waals surface area contributed by atoms with Gasteiger partial charge in [-0.3, -0.25) is 9.59 Å². The van der Waals surface area contributed by atoms with Crippen molar-refractivity contribution in [1.29, 1.82) is 0 Å². The van der Waals surface area contributed by atoms with Gasteiger partial charge in [-0.2, -0.15) is 0 Å². The lowest BCUT2D eigenvalue weighted by atomic mass is 10.1. The van der Waals surface area contributed by atoms with Crippen molar-refractivity contribution in [3.63, 3.8) is 0 Å². The zero-order valence-corrected chi connectivity index (χ0v) is 9.82. The van der Waals surface area contributed by atoms with Crippen molar-refractivity contribution < 1.29 is 14.7 Å². The van der Waals surface area contributed by atoms with Gasteiger partial charge in [-0.25, -0.2) is 0 Å². The van der Waals surface area contributed by atoms with E-state index in [1.165, 1.54) is 0 Å². The number of amides is 1. The van der Waals surface area contributed by atoms with Crippen LogP contribution >= 0.6 is 0 Å². The molecule has 0 saturated heterocycles. The van der Waals surface area contributed by atoms with E-state index in [2.05, 4.69) is 10.6 Å². The first-order valence-electron chi connectivity index (χ1n) is 5.73. The first-order valence-corrected chi connectivity index (χ1v) is 5.73. The molecule has 5 heteroatoms. The molecule has 0 aromatic carbocycles. The van der Waals surface area contributed by atoms with Crippen LogP contribution in [-0.2, 0) is 9.59 Å². The van der Waals surface area contributed by atoms with Crippen LogP contribution in [0.3, 0.4) is 0 Å². The van der Waals surface area contributed by atoms with Crippen molar-refractivity contribution >= 4 is 11.9 Å². The maximum absolute atomic E-state index is 11.5. The summed E-state index contributed by atoms with van der Waals surface area (Å²) in [5, 5.41) is 14.5. The summed E-state index contributed by atoms with van der Waals surface area (Å²) in [6.45, 7) is 4.17. The fourth-order valence-electron chi connectivity index (χ4n) is 1.58. The SMILES string of the molecule is CC(C)NCC(=O)NC(CC(=O)O)C1CC1. The number of carbonyl (C=O) groups excluding carboxylic acids is 1. The molecule has 1 fully saturated rings. The third-order valence-electron chi connectivity index (χ3n) is 2.60. The molecule has 1 amide bonds. The molecule has 0 aromatic heterocycles. The van der Waals surface area contributed by atoms with E-state index in [9.17, 15) is 9.59 Å². The van der Waals surface area contributed by atoms with Crippen LogP contribution < -0.4 is 10.6 Å². The molecule has 1 atom stereocenters. The van der Waals surface area contributed by atoms with Gasteiger partial charge in [0.1, 0.15) is 0 Å². The maximum Gasteiger partial charge on any atom is 0.305 e. The van der Waals surface area contributed by atoms with Gasteiger partial charge in [0.2, 0.25) is 5.91 Å². The van der Waals surface area contributed by atoms with E-state index in [1.54, 1.807) is 0 Å². The number of carbonyl (C=O) groups is 2. The van der Waals surface area contributed by atoms with Crippen LogP contribution in [0, 0.1) is 5.92 Å². The number of hydrogen-bond acceptors (Lipinski definition) is 3. The second kappa shape index (κ2) is 5.84. The smallest absolute Gasteiger partial charge is 0.305 e. The van der Waals surface area contributed by atoms with Crippen LogP contribution in [0.15, 0.2) is 0 Å². The summed E-state index contributed by atoms with van der Waals surface area (Å²) in [4.78, 5) is 22.1. The van der Waals surface area contributed by atoms with E-state index in [4.69, 9.17) is 5.11 Å². The molecule has 92 valence electrons. The van der Waals surface area contributed by atoms with Crippen LogP contribution in [0.1, 0.15) is 33.1 Å². The molecule has 5 nitrogen and oxygen atoms in total. The predicted octanol–water partition coefficient (Wildman–Crippen LogP) is 0.354. The lowest BCUT2D eigenvalue weighted by molar-refractivity contribution is -0.137. The molecular formula is C11H20N2O3. The van der Waals surface area contributed by atoms with Gasteiger partial charge >= 0.3 is 5.97 Å². The first kappa shape index (κ1) is 13.0. The average Bonchev–Trinajstić information content (AvgIpc) is 2.96. The van der Waals surface area contributed by atoms with Crippen LogP contribution in [0.2, 0.25) is 0 Å². The highest BCUT2D eigenvalue weighted by atomic mass is 16.4. The Morgan fingerprint density at radius 2 is 2.00 bits per heavy atom. The molecule has 0 spiro atoms. The minimum Gasteiger partial charge on any atom is -0.481 e. The minimum atomic E-state index is -0.853. The van der Waals surface area contributed by atoms with Gasteiger partial charge in [-0.1, -0.05) is 13.8 Å². The van der Waals surface area contributed by atoms with Crippen molar-refractivity contribution in [3.8, 4) is 0 Å². The van der Waals surface area contributed by atoms with Gasteiger partial charge in [-0.05, 0) is 18.8 Å². The summed E-state index contributed by atoms with van der Waals surface area (Å²) >= 11 is 0. The summed E-state index contributed by atoms with van der Waals surface area (Å²) in [5.41, 5.74) is 0.